The number of pyridine rings is 1. The zero-order valence-corrected chi connectivity index (χ0v) is 18.3. The highest BCUT2D eigenvalue weighted by atomic mass is 16.6. The van der Waals surface area contributed by atoms with Crippen molar-refractivity contribution >= 4 is 16.6 Å². The smallest absolute Gasteiger partial charge is 0.184 e. The van der Waals surface area contributed by atoms with Gasteiger partial charge in [0.15, 0.2) is 23.0 Å². The maximum absolute atomic E-state index is 6.42. The van der Waals surface area contributed by atoms with E-state index < -0.39 is 0 Å². The van der Waals surface area contributed by atoms with Crippen molar-refractivity contribution in [2.45, 2.75) is 13.0 Å². The van der Waals surface area contributed by atoms with E-state index in [-0.39, 0.29) is 6.10 Å². The first-order chi connectivity index (χ1) is 15.7. The number of rotatable bonds is 3. The average Bonchev–Trinajstić information content (AvgIpc) is 2.84. The van der Waals surface area contributed by atoms with Crippen LogP contribution < -0.4 is 23.8 Å². The summed E-state index contributed by atoms with van der Waals surface area (Å²) in [7, 11) is 0. The van der Waals surface area contributed by atoms with Crippen molar-refractivity contribution in [3.8, 4) is 23.0 Å². The monoisotopic (exact) mass is 433 g/mol. The summed E-state index contributed by atoms with van der Waals surface area (Å²) in [4.78, 5) is 9.46. The molecule has 0 bridgehead atoms. The maximum Gasteiger partial charge on any atom is 0.184 e. The Bertz CT molecular complexity index is 1140. The number of hydrogen-bond donors (Lipinski definition) is 0. The lowest BCUT2D eigenvalue weighted by atomic mass is 10.1. The number of fused-ring (bicyclic) bond motifs is 4. The molecule has 1 atom stereocenters. The Hall–Kier alpha value is -3.19. The minimum atomic E-state index is 0.00201. The lowest BCUT2D eigenvalue weighted by molar-refractivity contribution is 0.0586. The quantitative estimate of drug-likeness (QED) is 0.628. The first kappa shape index (κ1) is 19.5. The molecular weight excluding hydrogens is 406 g/mol. The van der Waals surface area contributed by atoms with Gasteiger partial charge in [0.25, 0.3) is 0 Å². The van der Waals surface area contributed by atoms with Crippen molar-refractivity contribution in [3.05, 3.63) is 48.2 Å². The number of nitrogens with zero attached hydrogens (tertiary/aromatic N) is 3. The van der Waals surface area contributed by atoms with Gasteiger partial charge in [0.2, 0.25) is 0 Å². The van der Waals surface area contributed by atoms with Crippen molar-refractivity contribution in [1.82, 2.24) is 9.88 Å². The van der Waals surface area contributed by atoms with E-state index in [0.29, 0.717) is 19.8 Å². The van der Waals surface area contributed by atoms with Crippen LogP contribution in [0.4, 0.5) is 5.69 Å². The van der Waals surface area contributed by atoms with E-state index in [2.05, 4.69) is 26.9 Å². The molecule has 3 aliphatic heterocycles. The Kier molecular flexibility index (Phi) is 4.91. The topological polar surface area (TPSA) is 56.3 Å². The van der Waals surface area contributed by atoms with Crippen LogP contribution in [0.15, 0.2) is 42.5 Å². The molecule has 32 heavy (non-hydrogen) atoms. The predicted octanol–water partition coefficient (Wildman–Crippen LogP) is 3.28. The van der Waals surface area contributed by atoms with Gasteiger partial charge in [-0.15, -0.1) is 0 Å². The second-order valence-electron chi connectivity index (χ2n) is 8.55. The Morgan fingerprint density at radius 2 is 1.72 bits per heavy atom. The van der Waals surface area contributed by atoms with Gasteiger partial charge in [-0.1, -0.05) is 6.07 Å². The van der Waals surface area contributed by atoms with Crippen LogP contribution in [0.3, 0.4) is 0 Å². The Morgan fingerprint density at radius 3 is 2.62 bits per heavy atom. The van der Waals surface area contributed by atoms with Crippen molar-refractivity contribution in [2.75, 3.05) is 57.4 Å². The van der Waals surface area contributed by atoms with Crippen LogP contribution in [0.5, 0.6) is 23.0 Å². The molecule has 0 radical (unpaired) electrons. The van der Waals surface area contributed by atoms with E-state index >= 15 is 0 Å². The second kappa shape index (κ2) is 8.06. The number of hydrogen-bond acceptors (Lipinski definition) is 7. The number of piperazine rings is 1. The number of ether oxygens (including phenoxy) is 4. The lowest BCUT2D eigenvalue weighted by Gasteiger charge is -2.39. The fourth-order valence-electron chi connectivity index (χ4n) is 4.73. The molecule has 4 heterocycles. The molecule has 0 saturated carbocycles. The van der Waals surface area contributed by atoms with E-state index in [1.807, 2.05) is 37.3 Å². The minimum absolute atomic E-state index is 0.00201. The molecule has 3 aromatic rings. The summed E-state index contributed by atoms with van der Waals surface area (Å²) in [5.74, 6) is 3.35. The summed E-state index contributed by atoms with van der Waals surface area (Å²) in [6.07, 6.45) is 0.00201. The van der Waals surface area contributed by atoms with Crippen LogP contribution in [0, 0.1) is 6.92 Å². The standard InChI is InChI=1S/C25H27N3O4/c1-17-5-6-19-20(26-17)7-8-23-24(19)32-18(16-31-23)15-27-9-11-28(12-10-27)21-3-2-4-22-25(21)30-14-13-29-22/h2-8,18H,9-16H2,1H3. The van der Waals surface area contributed by atoms with E-state index in [9.17, 15) is 0 Å². The molecule has 3 aliphatic rings. The fourth-order valence-corrected chi connectivity index (χ4v) is 4.73. The molecule has 6 rings (SSSR count). The SMILES string of the molecule is Cc1ccc2c3c(ccc2n1)OCC(CN1CCN(c2cccc4c2OCCO4)CC1)O3. The van der Waals surface area contributed by atoms with Gasteiger partial charge >= 0.3 is 0 Å². The van der Waals surface area contributed by atoms with Crippen molar-refractivity contribution in [3.63, 3.8) is 0 Å². The molecule has 1 unspecified atom stereocenters. The Labute approximate surface area is 187 Å². The molecule has 1 fully saturated rings. The second-order valence-corrected chi connectivity index (χ2v) is 8.55. The van der Waals surface area contributed by atoms with E-state index in [1.165, 1.54) is 0 Å². The number of benzene rings is 2. The molecule has 0 N–H and O–H groups in total. The zero-order valence-electron chi connectivity index (χ0n) is 18.3. The van der Waals surface area contributed by atoms with Crippen LogP contribution >= 0.6 is 0 Å². The highest BCUT2D eigenvalue weighted by Gasteiger charge is 2.28. The summed E-state index contributed by atoms with van der Waals surface area (Å²) in [5.41, 5.74) is 3.07. The molecule has 0 spiro atoms. The van der Waals surface area contributed by atoms with Crippen LogP contribution in [0.2, 0.25) is 0 Å². The molecule has 7 heteroatoms. The summed E-state index contributed by atoms with van der Waals surface area (Å²) in [6.45, 7) is 8.44. The molecular formula is C25H27N3O4. The van der Waals surface area contributed by atoms with E-state index in [4.69, 9.17) is 18.9 Å². The van der Waals surface area contributed by atoms with Gasteiger partial charge in [0, 0.05) is 43.8 Å². The fraction of sp³-hybridized carbons (Fsp3) is 0.400. The first-order valence-corrected chi connectivity index (χ1v) is 11.3. The third kappa shape index (κ3) is 3.56. The molecule has 1 aromatic heterocycles. The molecule has 1 saturated heterocycles. The summed E-state index contributed by atoms with van der Waals surface area (Å²) in [6, 6.07) is 14.2. The number of para-hydroxylation sites is 1. The summed E-state index contributed by atoms with van der Waals surface area (Å²) >= 11 is 0. The van der Waals surface area contributed by atoms with Crippen LogP contribution in [0.1, 0.15) is 5.69 Å². The van der Waals surface area contributed by atoms with Crippen molar-refractivity contribution in [1.29, 1.82) is 0 Å². The number of aryl methyl sites for hydroxylation is 1. The molecule has 0 amide bonds. The van der Waals surface area contributed by atoms with E-state index in [0.717, 1.165) is 78.0 Å². The van der Waals surface area contributed by atoms with Crippen LogP contribution in [0.25, 0.3) is 10.9 Å². The van der Waals surface area contributed by atoms with Gasteiger partial charge in [-0.05, 0) is 43.3 Å². The van der Waals surface area contributed by atoms with Crippen molar-refractivity contribution in [2.24, 2.45) is 0 Å². The third-order valence-electron chi connectivity index (χ3n) is 6.35. The minimum Gasteiger partial charge on any atom is -0.486 e. The van der Waals surface area contributed by atoms with Crippen molar-refractivity contribution < 1.29 is 18.9 Å². The van der Waals surface area contributed by atoms with Gasteiger partial charge in [-0.2, -0.15) is 0 Å². The number of aromatic nitrogens is 1. The Morgan fingerprint density at radius 1 is 0.875 bits per heavy atom. The highest BCUT2D eigenvalue weighted by Crippen LogP contribution is 2.40. The first-order valence-electron chi connectivity index (χ1n) is 11.3. The van der Waals surface area contributed by atoms with Gasteiger partial charge < -0.3 is 23.8 Å². The van der Waals surface area contributed by atoms with Gasteiger partial charge in [0.05, 0.1) is 11.2 Å². The zero-order chi connectivity index (χ0) is 21.5. The summed E-state index contributed by atoms with van der Waals surface area (Å²) < 4.78 is 24.1. The van der Waals surface area contributed by atoms with Crippen LogP contribution in [-0.4, -0.2) is 68.5 Å². The van der Waals surface area contributed by atoms with Gasteiger partial charge in [-0.3, -0.25) is 9.88 Å². The molecule has 7 nitrogen and oxygen atoms in total. The lowest BCUT2D eigenvalue weighted by Crippen LogP contribution is -2.50. The largest absolute Gasteiger partial charge is 0.486 e. The average molecular weight is 434 g/mol. The third-order valence-corrected chi connectivity index (χ3v) is 6.35. The van der Waals surface area contributed by atoms with E-state index in [1.54, 1.807) is 0 Å². The normalized spacial score (nSPS) is 20.4. The summed E-state index contributed by atoms with van der Waals surface area (Å²) in [5, 5.41) is 1.01. The predicted molar refractivity (Wildman–Crippen MR) is 122 cm³/mol. The Balaban J connectivity index is 1.12. The molecule has 0 aliphatic carbocycles. The van der Waals surface area contributed by atoms with Gasteiger partial charge in [0.1, 0.15) is 25.9 Å². The number of anilines is 1. The maximum atomic E-state index is 6.42. The van der Waals surface area contributed by atoms with Gasteiger partial charge in [-0.25, -0.2) is 0 Å². The molecule has 2 aromatic carbocycles. The van der Waals surface area contributed by atoms with Crippen LogP contribution in [-0.2, 0) is 0 Å². The highest BCUT2D eigenvalue weighted by molar-refractivity contribution is 5.88. The molecule has 166 valence electrons.